The van der Waals surface area contributed by atoms with Gasteiger partial charge < -0.3 is 0 Å². The summed E-state index contributed by atoms with van der Waals surface area (Å²) < 4.78 is 2.10. The standard InChI is InChI=1S/C18H24ClN3/c1-4-22-14(3)17(13(2)20-22)12-21-10-9-15(11-21)16-7-5-6-8-18(16)19/h5-8,15H,4,9-12H2,1-3H3. The maximum Gasteiger partial charge on any atom is 0.0641 e. The van der Waals surface area contributed by atoms with Crippen LogP contribution in [0.3, 0.4) is 0 Å². The van der Waals surface area contributed by atoms with E-state index in [9.17, 15) is 0 Å². The largest absolute Gasteiger partial charge is 0.298 e. The Morgan fingerprint density at radius 2 is 2.05 bits per heavy atom. The first kappa shape index (κ1) is 15.6. The third-order valence-electron chi connectivity index (χ3n) is 4.83. The minimum absolute atomic E-state index is 0.551. The zero-order chi connectivity index (χ0) is 15.7. The Hall–Kier alpha value is -1.32. The lowest BCUT2D eigenvalue weighted by Gasteiger charge is -2.17. The van der Waals surface area contributed by atoms with Crippen molar-refractivity contribution in [3.05, 3.63) is 51.8 Å². The molecule has 0 spiro atoms. The second-order valence-corrected chi connectivity index (χ2v) is 6.61. The molecule has 1 saturated heterocycles. The Balaban J connectivity index is 1.72. The minimum Gasteiger partial charge on any atom is -0.298 e. The topological polar surface area (TPSA) is 21.1 Å². The molecule has 4 heteroatoms. The van der Waals surface area contributed by atoms with Crippen molar-refractivity contribution in [2.75, 3.05) is 13.1 Å². The van der Waals surface area contributed by atoms with Gasteiger partial charge in [-0.05, 0) is 51.3 Å². The predicted molar refractivity (Wildman–Crippen MR) is 91.5 cm³/mol. The lowest BCUT2D eigenvalue weighted by Crippen LogP contribution is -2.20. The fourth-order valence-electron chi connectivity index (χ4n) is 3.53. The van der Waals surface area contributed by atoms with Crippen LogP contribution in [0, 0.1) is 13.8 Å². The monoisotopic (exact) mass is 317 g/mol. The van der Waals surface area contributed by atoms with E-state index in [2.05, 4.69) is 47.6 Å². The number of hydrogen-bond acceptors (Lipinski definition) is 2. The van der Waals surface area contributed by atoms with Gasteiger partial charge in [-0.15, -0.1) is 0 Å². The highest BCUT2D eigenvalue weighted by Crippen LogP contribution is 2.33. The fraction of sp³-hybridized carbons (Fsp3) is 0.500. The van der Waals surface area contributed by atoms with Crippen LogP contribution in [0.4, 0.5) is 0 Å². The Morgan fingerprint density at radius 1 is 1.27 bits per heavy atom. The van der Waals surface area contributed by atoms with Crippen molar-refractivity contribution >= 4 is 11.6 Å². The summed E-state index contributed by atoms with van der Waals surface area (Å²) in [6, 6.07) is 8.26. The van der Waals surface area contributed by atoms with Gasteiger partial charge >= 0.3 is 0 Å². The molecule has 0 bridgehead atoms. The predicted octanol–water partition coefficient (Wildman–Crippen LogP) is 4.16. The van der Waals surface area contributed by atoms with Gasteiger partial charge in [-0.1, -0.05) is 29.8 Å². The summed E-state index contributed by atoms with van der Waals surface area (Å²) >= 11 is 6.35. The zero-order valence-electron chi connectivity index (χ0n) is 13.6. The molecule has 3 nitrogen and oxygen atoms in total. The van der Waals surface area contributed by atoms with E-state index in [-0.39, 0.29) is 0 Å². The van der Waals surface area contributed by atoms with Crippen LogP contribution in [0.25, 0.3) is 0 Å². The van der Waals surface area contributed by atoms with E-state index >= 15 is 0 Å². The molecule has 0 amide bonds. The summed E-state index contributed by atoms with van der Waals surface area (Å²) in [4.78, 5) is 2.53. The van der Waals surface area contributed by atoms with Crippen LogP contribution < -0.4 is 0 Å². The number of aromatic nitrogens is 2. The fourth-order valence-corrected chi connectivity index (χ4v) is 3.82. The number of rotatable bonds is 4. The Bertz CT molecular complexity index is 662. The van der Waals surface area contributed by atoms with Crippen LogP contribution in [-0.4, -0.2) is 27.8 Å². The highest BCUT2D eigenvalue weighted by molar-refractivity contribution is 6.31. The first-order valence-corrected chi connectivity index (χ1v) is 8.47. The van der Waals surface area contributed by atoms with Crippen LogP contribution in [-0.2, 0) is 13.1 Å². The Morgan fingerprint density at radius 3 is 2.73 bits per heavy atom. The maximum atomic E-state index is 6.35. The van der Waals surface area contributed by atoms with Crippen LogP contribution in [0.5, 0.6) is 0 Å². The van der Waals surface area contributed by atoms with Gasteiger partial charge in [0.15, 0.2) is 0 Å². The van der Waals surface area contributed by atoms with Gasteiger partial charge in [0.2, 0.25) is 0 Å². The Kier molecular flexibility index (Phi) is 4.55. The molecule has 1 unspecified atom stereocenters. The van der Waals surface area contributed by atoms with Crippen LogP contribution >= 0.6 is 11.6 Å². The first-order chi connectivity index (χ1) is 10.6. The van der Waals surface area contributed by atoms with Crippen molar-refractivity contribution in [1.82, 2.24) is 14.7 Å². The van der Waals surface area contributed by atoms with Crippen molar-refractivity contribution < 1.29 is 0 Å². The van der Waals surface area contributed by atoms with E-state index in [0.717, 1.165) is 31.2 Å². The lowest BCUT2D eigenvalue weighted by molar-refractivity contribution is 0.325. The molecule has 0 aliphatic carbocycles. The number of hydrogen-bond donors (Lipinski definition) is 0. The molecule has 3 rings (SSSR count). The van der Waals surface area contributed by atoms with Crippen molar-refractivity contribution in [2.24, 2.45) is 0 Å². The van der Waals surface area contributed by atoms with E-state index in [4.69, 9.17) is 11.6 Å². The van der Waals surface area contributed by atoms with E-state index in [0.29, 0.717) is 5.92 Å². The third-order valence-corrected chi connectivity index (χ3v) is 5.17. The number of halogens is 1. The summed E-state index contributed by atoms with van der Waals surface area (Å²) in [6.07, 6.45) is 1.18. The molecule has 1 aromatic heterocycles. The van der Waals surface area contributed by atoms with E-state index in [1.165, 1.54) is 28.9 Å². The second kappa shape index (κ2) is 6.43. The first-order valence-electron chi connectivity index (χ1n) is 8.09. The molecule has 1 aliphatic rings. The molecule has 2 heterocycles. The van der Waals surface area contributed by atoms with Gasteiger partial charge in [0.05, 0.1) is 5.69 Å². The molecule has 2 aromatic rings. The average Bonchev–Trinajstić information content (AvgIpc) is 3.07. The summed E-state index contributed by atoms with van der Waals surface area (Å²) in [5.74, 6) is 0.551. The van der Waals surface area contributed by atoms with E-state index in [1.807, 2.05) is 12.1 Å². The molecule has 1 aliphatic heterocycles. The van der Waals surface area contributed by atoms with Gasteiger partial charge in [0.1, 0.15) is 0 Å². The summed E-state index contributed by atoms with van der Waals surface area (Å²) in [5.41, 5.74) is 5.16. The molecule has 0 radical (unpaired) electrons. The maximum absolute atomic E-state index is 6.35. The number of benzene rings is 1. The molecule has 1 fully saturated rings. The van der Waals surface area contributed by atoms with Gasteiger partial charge in [0, 0.05) is 35.9 Å². The van der Waals surface area contributed by atoms with Crippen LogP contribution in [0.2, 0.25) is 5.02 Å². The van der Waals surface area contributed by atoms with Crippen molar-refractivity contribution in [2.45, 2.75) is 46.2 Å². The average molecular weight is 318 g/mol. The SMILES string of the molecule is CCn1nc(C)c(CN2CCC(c3ccccc3Cl)C2)c1C. The second-order valence-electron chi connectivity index (χ2n) is 6.21. The molecular weight excluding hydrogens is 294 g/mol. The van der Waals surface area contributed by atoms with Gasteiger partial charge in [0.25, 0.3) is 0 Å². The van der Waals surface area contributed by atoms with E-state index in [1.54, 1.807) is 0 Å². The summed E-state index contributed by atoms with van der Waals surface area (Å²) in [5, 5.41) is 5.53. The minimum atomic E-state index is 0.551. The molecule has 0 N–H and O–H groups in total. The van der Waals surface area contributed by atoms with Gasteiger partial charge in [-0.25, -0.2) is 0 Å². The highest BCUT2D eigenvalue weighted by Gasteiger charge is 2.26. The number of likely N-dealkylation sites (tertiary alicyclic amines) is 1. The summed E-state index contributed by atoms with van der Waals surface area (Å²) in [6.45, 7) is 10.6. The molecular formula is C18H24ClN3. The molecule has 1 aromatic carbocycles. The smallest absolute Gasteiger partial charge is 0.0641 e. The van der Waals surface area contributed by atoms with Gasteiger partial charge in [-0.3, -0.25) is 9.58 Å². The van der Waals surface area contributed by atoms with Crippen molar-refractivity contribution in [1.29, 1.82) is 0 Å². The molecule has 0 saturated carbocycles. The van der Waals surface area contributed by atoms with Crippen molar-refractivity contribution in [3.8, 4) is 0 Å². The normalized spacial score (nSPS) is 19.0. The highest BCUT2D eigenvalue weighted by atomic mass is 35.5. The van der Waals surface area contributed by atoms with Gasteiger partial charge in [-0.2, -0.15) is 5.10 Å². The van der Waals surface area contributed by atoms with Crippen LogP contribution in [0.15, 0.2) is 24.3 Å². The summed E-state index contributed by atoms with van der Waals surface area (Å²) in [7, 11) is 0. The quantitative estimate of drug-likeness (QED) is 0.844. The third kappa shape index (κ3) is 2.92. The molecule has 22 heavy (non-hydrogen) atoms. The van der Waals surface area contributed by atoms with Crippen molar-refractivity contribution in [3.63, 3.8) is 0 Å². The van der Waals surface area contributed by atoms with Crippen LogP contribution in [0.1, 0.15) is 41.8 Å². The van der Waals surface area contributed by atoms with E-state index < -0.39 is 0 Å². The molecule has 118 valence electrons. The number of aryl methyl sites for hydroxylation is 2. The lowest BCUT2D eigenvalue weighted by atomic mass is 9.98. The Labute approximate surface area is 137 Å². The molecule has 1 atom stereocenters. The number of nitrogens with zero attached hydrogens (tertiary/aromatic N) is 3. The zero-order valence-corrected chi connectivity index (χ0v) is 14.4.